The maximum atomic E-state index is 11.8. The fraction of sp³-hybridized carbons (Fsp3) is 0.533. The smallest absolute Gasteiger partial charge is 0.222 e. The number of nitrogens with one attached hydrogen (secondary N) is 1. The molecule has 0 radical (unpaired) electrons. The standard InChI is InChI=1S/C15H24N2O/c1-11(2)9-12(3)17-15(18)10-14(16)13-7-5-4-6-8-13/h4-8,11-12,14H,9-10,16H2,1-3H3,(H,17,18). The van der Waals surface area contributed by atoms with Crippen LogP contribution in [0.5, 0.6) is 0 Å². The van der Waals surface area contributed by atoms with Gasteiger partial charge in [-0.05, 0) is 24.8 Å². The predicted octanol–water partition coefficient (Wildman–Crippen LogP) is 2.63. The fourth-order valence-electron chi connectivity index (χ4n) is 2.12. The zero-order valence-corrected chi connectivity index (χ0v) is 11.5. The molecule has 0 aliphatic carbocycles. The summed E-state index contributed by atoms with van der Waals surface area (Å²) in [5.74, 6) is 0.614. The van der Waals surface area contributed by atoms with Crippen molar-refractivity contribution in [2.75, 3.05) is 0 Å². The van der Waals surface area contributed by atoms with Crippen LogP contribution in [0.2, 0.25) is 0 Å². The van der Waals surface area contributed by atoms with Crippen molar-refractivity contribution in [3.8, 4) is 0 Å². The minimum absolute atomic E-state index is 0.0273. The second kappa shape index (κ2) is 7.17. The first-order valence-electron chi connectivity index (χ1n) is 6.59. The molecule has 0 fully saturated rings. The molecule has 0 spiro atoms. The van der Waals surface area contributed by atoms with Crippen LogP contribution < -0.4 is 11.1 Å². The summed E-state index contributed by atoms with van der Waals surface area (Å²) >= 11 is 0. The molecule has 1 aromatic rings. The molecule has 1 amide bonds. The minimum Gasteiger partial charge on any atom is -0.354 e. The van der Waals surface area contributed by atoms with Crippen molar-refractivity contribution in [3.05, 3.63) is 35.9 Å². The van der Waals surface area contributed by atoms with Gasteiger partial charge in [-0.25, -0.2) is 0 Å². The van der Waals surface area contributed by atoms with E-state index in [1.54, 1.807) is 0 Å². The molecule has 0 saturated heterocycles. The van der Waals surface area contributed by atoms with Crippen molar-refractivity contribution in [1.29, 1.82) is 0 Å². The molecule has 0 bridgehead atoms. The first-order valence-corrected chi connectivity index (χ1v) is 6.59. The van der Waals surface area contributed by atoms with Gasteiger partial charge in [-0.15, -0.1) is 0 Å². The summed E-state index contributed by atoms with van der Waals surface area (Å²) in [5.41, 5.74) is 7.02. The van der Waals surface area contributed by atoms with E-state index in [0.717, 1.165) is 12.0 Å². The highest BCUT2D eigenvalue weighted by atomic mass is 16.1. The van der Waals surface area contributed by atoms with Crippen molar-refractivity contribution in [3.63, 3.8) is 0 Å². The van der Waals surface area contributed by atoms with Gasteiger partial charge in [0.1, 0.15) is 0 Å². The molecular formula is C15H24N2O. The van der Waals surface area contributed by atoms with Gasteiger partial charge in [0.2, 0.25) is 5.91 Å². The van der Waals surface area contributed by atoms with E-state index in [-0.39, 0.29) is 18.0 Å². The Kier molecular flexibility index (Phi) is 5.86. The Bertz CT molecular complexity index is 362. The minimum atomic E-state index is -0.225. The van der Waals surface area contributed by atoms with Crippen molar-refractivity contribution in [1.82, 2.24) is 5.32 Å². The third-order valence-electron chi connectivity index (χ3n) is 2.87. The Labute approximate surface area is 110 Å². The number of benzene rings is 1. The van der Waals surface area contributed by atoms with Gasteiger partial charge in [0, 0.05) is 18.5 Å². The maximum Gasteiger partial charge on any atom is 0.222 e. The average molecular weight is 248 g/mol. The zero-order chi connectivity index (χ0) is 13.5. The Morgan fingerprint density at radius 3 is 2.39 bits per heavy atom. The van der Waals surface area contributed by atoms with Crippen LogP contribution in [-0.4, -0.2) is 11.9 Å². The fourth-order valence-corrected chi connectivity index (χ4v) is 2.12. The van der Waals surface area contributed by atoms with Crippen molar-refractivity contribution >= 4 is 5.91 Å². The Morgan fingerprint density at radius 2 is 1.83 bits per heavy atom. The van der Waals surface area contributed by atoms with Gasteiger partial charge in [-0.1, -0.05) is 44.2 Å². The Balaban J connectivity index is 2.41. The molecule has 3 nitrogen and oxygen atoms in total. The van der Waals surface area contributed by atoms with Gasteiger partial charge in [-0.3, -0.25) is 4.79 Å². The van der Waals surface area contributed by atoms with E-state index in [9.17, 15) is 4.79 Å². The molecule has 0 aliphatic heterocycles. The zero-order valence-electron chi connectivity index (χ0n) is 11.5. The van der Waals surface area contributed by atoms with Crippen LogP contribution in [0.15, 0.2) is 30.3 Å². The first kappa shape index (κ1) is 14.7. The number of amides is 1. The van der Waals surface area contributed by atoms with Crippen LogP contribution in [0, 0.1) is 5.92 Å². The van der Waals surface area contributed by atoms with E-state index in [0.29, 0.717) is 12.3 Å². The predicted molar refractivity (Wildman–Crippen MR) is 75.0 cm³/mol. The van der Waals surface area contributed by atoms with Gasteiger partial charge in [0.05, 0.1) is 0 Å². The molecule has 0 aliphatic rings. The summed E-state index contributed by atoms with van der Waals surface area (Å²) in [6, 6.07) is 9.72. The van der Waals surface area contributed by atoms with E-state index < -0.39 is 0 Å². The quantitative estimate of drug-likeness (QED) is 0.813. The van der Waals surface area contributed by atoms with Crippen molar-refractivity contribution in [2.45, 2.75) is 45.7 Å². The molecule has 2 atom stereocenters. The number of nitrogens with two attached hydrogens (primary N) is 1. The van der Waals surface area contributed by atoms with Gasteiger partial charge in [0.15, 0.2) is 0 Å². The Morgan fingerprint density at radius 1 is 1.22 bits per heavy atom. The molecule has 18 heavy (non-hydrogen) atoms. The molecule has 0 heterocycles. The molecule has 2 unspecified atom stereocenters. The molecule has 3 N–H and O–H groups in total. The maximum absolute atomic E-state index is 11.8. The lowest BCUT2D eigenvalue weighted by molar-refractivity contribution is -0.122. The molecule has 3 heteroatoms. The highest BCUT2D eigenvalue weighted by Gasteiger charge is 2.13. The summed E-state index contributed by atoms with van der Waals surface area (Å²) < 4.78 is 0. The van der Waals surface area contributed by atoms with Gasteiger partial charge in [0.25, 0.3) is 0 Å². The van der Waals surface area contributed by atoms with Crippen LogP contribution in [-0.2, 0) is 4.79 Å². The first-order chi connectivity index (χ1) is 8.49. The third-order valence-corrected chi connectivity index (χ3v) is 2.87. The third kappa shape index (κ3) is 5.32. The molecule has 1 rings (SSSR count). The highest BCUT2D eigenvalue weighted by molar-refractivity contribution is 5.77. The summed E-state index contributed by atoms with van der Waals surface area (Å²) in [6.07, 6.45) is 1.33. The SMILES string of the molecule is CC(C)CC(C)NC(=O)CC(N)c1ccccc1. The lowest BCUT2D eigenvalue weighted by Gasteiger charge is -2.18. The van der Waals surface area contributed by atoms with Gasteiger partial charge < -0.3 is 11.1 Å². The monoisotopic (exact) mass is 248 g/mol. The number of carbonyl (C=O) groups excluding carboxylic acids is 1. The Hall–Kier alpha value is -1.35. The van der Waals surface area contributed by atoms with E-state index in [1.807, 2.05) is 37.3 Å². The van der Waals surface area contributed by atoms with Gasteiger partial charge >= 0.3 is 0 Å². The van der Waals surface area contributed by atoms with Crippen LogP contribution in [0.25, 0.3) is 0 Å². The lowest BCUT2D eigenvalue weighted by Crippen LogP contribution is -2.35. The largest absolute Gasteiger partial charge is 0.354 e. The molecule has 0 aromatic heterocycles. The molecular weight excluding hydrogens is 224 g/mol. The molecule has 0 saturated carbocycles. The number of carbonyl (C=O) groups is 1. The van der Waals surface area contributed by atoms with Crippen LogP contribution in [0.3, 0.4) is 0 Å². The van der Waals surface area contributed by atoms with Gasteiger partial charge in [-0.2, -0.15) is 0 Å². The second-order valence-corrected chi connectivity index (χ2v) is 5.32. The number of rotatable bonds is 6. The highest BCUT2D eigenvalue weighted by Crippen LogP contribution is 2.13. The topological polar surface area (TPSA) is 55.1 Å². The van der Waals surface area contributed by atoms with E-state index in [2.05, 4.69) is 19.2 Å². The molecule has 1 aromatic carbocycles. The van der Waals surface area contributed by atoms with E-state index in [4.69, 9.17) is 5.73 Å². The van der Waals surface area contributed by atoms with Crippen molar-refractivity contribution < 1.29 is 4.79 Å². The van der Waals surface area contributed by atoms with Crippen LogP contribution >= 0.6 is 0 Å². The summed E-state index contributed by atoms with van der Waals surface area (Å²) in [4.78, 5) is 11.8. The summed E-state index contributed by atoms with van der Waals surface area (Å²) in [7, 11) is 0. The normalized spacial score (nSPS) is 14.3. The summed E-state index contributed by atoms with van der Waals surface area (Å²) in [6.45, 7) is 6.34. The van der Waals surface area contributed by atoms with E-state index >= 15 is 0 Å². The second-order valence-electron chi connectivity index (χ2n) is 5.32. The van der Waals surface area contributed by atoms with Crippen molar-refractivity contribution in [2.24, 2.45) is 11.7 Å². The number of hydrogen-bond acceptors (Lipinski definition) is 2. The molecule has 100 valence electrons. The lowest BCUT2D eigenvalue weighted by atomic mass is 10.0. The van der Waals surface area contributed by atoms with Crippen LogP contribution in [0.4, 0.5) is 0 Å². The van der Waals surface area contributed by atoms with E-state index in [1.165, 1.54) is 0 Å². The van der Waals surface area contributed by atoms with Crippen LogP contribution in [0.1, 0.15) is 45.2 Å². The average Bonchev–Trinajstić information content (AvgIpc) is 2.28. The number of hydrogen-bond donors (Lipinski definition) is 2. The summed E-state index contributed by atoms with van der Waals surface area (Å²) in [5, 5.41) is 2.99.